The molecule has 0 atom stereocenters. The average Bonchev–Trinajstić information content (AvgIpc) is 3.21. The number of carbonyl (C=O) groups is 1. The summed E-state index contributed by atoms with van der Waals surface area (Å²) in [6.07, 6.45) is 1.72. The Balaban J connectivity index is 1.80. The summed E-state index contributed by atoms with van der Waals surface area (Å²) in [7, 11) is 3.14. The van der Waals surface area contributed by atoms with Gasteiger partial charge in [0.2, 0.25) is 0 Å². The predicted octanol–water partition coefficient (Wildman–Crippen LogP) is 4.39. The first kappa shape index (κ1) is 18.7. The van der Waals surface area contributed by atoms with Gasteiger partial charge in [0.15, 0.2) is 0 Å². The highest BCUT2D eigenvalue weighted by Gasteiger charge is 2.17. The second kappa shape index (κ2) is 9.05. The van der Waals surface area contributed by atoms with E-state index < -0.39 is 0 Å². The molecular formula is C20H21N3O3S. The van der Waals surface area contributed by atoms with E-state index in [4.69, 9.17) is 9.47 Å². The van der Waals surface area contributed by atoms with Gasteiger partial charge in [-0.05, 0) is 46.7 Å². The number of aromatic nitrogens is 1. The third-order valence-corrected chi connectivity index (χ3v) is 4.70. The number of hydrogen-bond donors (Lipinski definition) is 1. The van der Waals surface area contributed by atoms with E-state index in [1.54, 1.807) is 54.9 Å². The molecule has 0 saturated heterocycles. The number of amides is 2. The molecule has 0 fully saturated rings. The maximum atomic E-state index is 13.0. The second-order valence-corrected chi connectivity index (χ2v) is 6.59. The van der Waals surface area contributed by atoms with Crippen LogP contribution in [0.25, 0.3) is 0 Å². The number of rotatable bonds is 7. The minimum Gasteiger partial charge on any atom is -0.497 e. The number of nitrogens with one attached hydrogen (secondary N) is 1. The topological polar surface area (TPSA) is 63.7 Å². The average molecular weight is 383 g/mol. The van der Waals surface area contributed by atoms with Gasteiger partial charge < -0.3 is 19.7 Å². The Hall–Kier alpha value is -3.06. The molecule has 27 heavy (non-hydrogen) atoms. The van der Waals surface area contributed by atoms with Crippen molar-refractivity contribution in [3.63, 3.8) is 0 Å². The Labute approximate surface area is 162 Å². The normalized spacial score (nSPS) is 10.3. The van der Waals surface area contributed by atoms with E-state index in [2.05, 4.69) is 10.3 Å². The quantitative estimate of drug-likeness (QED) is 0.657. The van der Waals surface area contributed by atoms with E-state index >= 15 is 0 Å². The minimum absolute atomic E-state index is 0.227. The van der Waals surface area contributed by atoms with Crippen molar-refractivity contribution in [2.75, 3.05) is 19.5 Å². The Morgan fingerprint density at radius 3 is 2.70 bits per heavy atom. The Morgan fingerprint density at radius 1 is 1.15 bits per heavy atom. The first-order valence-corrected chi connectivity index (χ1v) is 9.33. The zero-order valence-corrected chi connectivity index (χ0v) is 16.0. The summed E-state index contributed by atoms with van der Waals surface area (Å²) in [5.41, 5.74) is 2.48. The highest BCUT2D eigenvalue weighted by Crippen LogP contribution is 2.29. The van der Waals surface area contributed by atoms with E-state index in [9.17, 15) is 4.79 Å². The Morgan fingerprint density at radius 2 is 2.04 bits per heavy atom. The van der Waals surface area contributed by atoms with Gasteiger partial charge in [0.05, 0.1) is 32.1 Å². The van der Waals surface area contributed by atoms with Crippen LogP contribution in [0.15, 0.2) is 59.4 Å². The largest absolute Gasteiger partial charge is 0.497 e. The molecular weight excluding hydrogens is 362 g/mol. The number of nitrogens with zero attached hydrogens (tertiary/aromatic N) is 2. The summed E-state index contributed by atoms with van der Waals surface area (Å²) in [5, 5.41) is 6.96. The molecule has 6 nitrogen and oxygen atoms in total. The fraction of sp³-hybridized carbons (Fsp3) is 0.200. The lowest BCUT2D eigenvalue weighted by Gasteiger charge is -2.23. The maximum Gasteiger partial charge on any atom is 0.322 e. The van der Waals surface area contributed by atoms with Crippen LogP contribution in [0, 0.1) is 0 Å². The zero-order valence-electron chi connectivity index (χ0n) is 15.2. The van der Waals surface area contributed by atoms with E-state index in [1.807, 2.05) is 35.0 Å². The molecule has 0 aliphatic carbocycles. The smallest absolute Gasteiger partial charge is 0.322 e. The fourth-order valence-corrected chi connectivity index (χ4v) is 3.25. The van der Waals surface area contributed by atoms with E-state index in [1.165, 1.54) is 0 Å². The van der Waals surface area contributed by atoms with Crippen molar-refractivity contribution in [1.29, 1.82) is 0 Å². The van der Waals surface area contributed by atoms with Gasteiger partial charge in [-0.2, -0.15) is 11.3 Å². The predicted molar refractivity (Wildman–Crippen MR) is 106 cm³/mol. The SMILES string of the molecule is COc1ccc(NC(=O)N(Cc2ccsc2)Cc2ccccn2)c(OC)c1. The number of anilines is 1. The molecule has 7 heteroatoms. The molecule has 0 saturated carbocycles. The number of methoxy groups -OCH3 is 2. The third-order valence-electron chi connectivity index (χ3n) is 3.97. The van der Waals surface area contributed by atoms with E-state index in [-0.39, 0.29) is 6.03 Å². The number of ether oxygens (including phenoxy) is 2. The molecule has 0 radical (unpaired) electrons. The number of benzene rings is 1. The number of hydrogen-bond acceptors (Lipinski definition) is 5. The molecule has 0 aliphatic rings. The molecule has 3 aromatic rings. The minimum atomic E-state index is -0.227. The van der Waals surface area contributed by atoms with Gasteiger partial charge in [-0.25, -0.2) is 4.79 Å². The highest BCUT2D eigenvalue weighted by molar-refractivity contribution is 7.07. The van der Waals surface area contributed by atoms with E-state index in [0.29, 0.717) is 30.3 Å². The monoisotopic (exact) mass is 383 g/mol. The third kappa shape index (κ3) is 4.98. The number of pyridine rings is 1. The zero-order chi connectivity index (χ0) is 19.1. The van der Waals surface area contributed by atoms with Crippen molar-refractivity contribution in [2.45, 2.75) is 13.1 Å². The van der Waals surface area contributed by atoms with Crippen LogP contribution in [0.4, 0.5) is 10.5 Å². The van der Waals surface area contributed by atoms with Crippen molar-refractivity contribution >= 4 is 23.1 Å². The molecule has 0 unspecified atom stereocenters. The van der Waals surface area contributed by atoms with Crippen molar-refractivity contribution in [3.05, 3.63) is 70.7 Å². The highest BCUT2D eigenvalue weighted by atomic mass is 32.1. The number of carbonyl (C=O) groups excluding carboxylic acids is 1. The molecule has 3 rings (SSSR count). The van der Waals surface area contributed by atoms with Crippen LogP contribution in [0.2, 0.25) is 0 Å². The molecule has 0 aliphatic heterocycles. The lowest BCUT2D eigenvalue weighted by atomic mass is 10.2. The fourth-order valence-electron chi connectivity index (χ4n) is 2.59. The van der Waals surface area contributed by atoms with Crippen LogP contribution in [-0.2, 0) is 13.1 Å². The van der Waals surface area contributed by atoms with Crippen LogP contribution < -0.4 is 14.8 Å². The molecule has 1 N–H and O–H groups in total. The van der Waals surface area contributed by atoms with Crippen LogP contribution in [0.3, 0.4) is 0 Å². The van der Waals surface area contributed by atoms with Crippen LogP contribution >= 0.6 is 11.3 Å². The lowest BCUT2D eigenvalue weighted by Crippen LogP contribution is -2.34. The summed E-state index contributed by atoms with van der Waals surface area (Å²) < 4.78 is 10.6. The van der Waals surface area contributed by atoms with Crippen molar-refractivity contribution < 1.29 is 14.3 Å². The Kier molecular flexibility index (Phi) is 6.27. The summed E-state index contributed by atoms with van der Waals surface area (Å²) in [6, 6.07) is 12.7. The summed E-state index contributed by atoms with van der Waals surface area (Å²) in [5.74, 6) is 1.20. The number of urea groups is 1. The second-order valence-electron chi connectivity index (χ2n) is 5.81. The van der Waals surface area contributed by atoms with Crippen molar-refractivity contribution in [3.8, 4) is 11.5 Å². The summed E-state index contributed by atoms with van der Waals surface area (Å²) in [6.45, 7) is 0.894. The molecule has 0 bridgehead atoms. The van der Waals surface area contributed by atoms with Crippen molar-refractivity contribution in [2.24, 2.45) is 0 Å². The van der Waals surface area contributed by atoms with Crippen LogP contribution in [0.5, 0.6) is 11.5 Å². The summed E-state index contributed by atoms with van der Waals surface area (Å²) >= 11 is 1.61. The molecule has 2 heterocycles. The van der Waals surface area contributed by atoms with Crippen LogP contribution in [0.1, 0.15) is 11.3 Å². The lowest BCUT2D eigenvalue weighted by molar-refractivity contribution is 0.205. The molecule has 140 valence electrons. The van der Waals surface area contributed by atoms with Gasteiger partial charge in [0.1, 0.15) is 11.5 Å². The Bertz CT molecular complexity index is 869. The van der Waals surface area contributed by atoms with Gasteiger partial charge >= 0.3 is 6.03 Å². The van der Waals surface area contributed by atoms with Gasteiger partial charge in [-0.1, -0.05) is 6.07 Å². The number of thiophene rings is 1. The molecule has 0 spiro atoms. The molecule has 1 aromatic carbocycles. The molecule has 2 amide bonds. The van der Waals surface area contributed by atoms with Gasteiger partial charge in [0, 0.05) is 18.8 Å². The molecule has 2 aromatic heterocycles. The first-order valence-electron chi connectivity index (χ1n) is 8.38. The maximum absolute atomic E-state index is 13.0. The first-order chi connectivity index (χ1) is 13.2. The summed E-state index contributed by atoms with van der Waals surface area (Å²) in [4.78, 5) is 19.0. The van der Waals surface area contributed by atoms with Crippen LogP contribution in [-0.4, -0.2) is 30.1 Å². The van der Waals surface area contributed by atoms with E-state index in [0.717, 1.165) is 11.3 Å². The van der Waals surface area contributed by atoms with Gasteiger partial charge in [-0.15, -0.1) is 0 Å². The standard InChI is InChI=1S/C20H21N3O3S/c1-25-17-6-7-18(19(11-17)26-2)22-20(24)23(12-15-8-10-27-14-15)13-16-5-3-4-9-21-16/h3-11,14H,12-13H2,1-2H3,(H,22,24). The van der Waals surface area contributed by atoms with Gasteiger partial charge in [-0.3, -0.25) is 4.98 Å². The van der Waals surface area contributed by atoms with Crippen molar-refractivity contribution in [1.82, 2.24) is 9.88 Å². The van der Waals surface area contributed by atoms with Gasteiger partial charge in [0.25, 0.3) is 0 Å².